The van der Waals surface area contributed by atoms with Crippen LogP contribution in [0.4, 0.5) is 11.4 Å². The zero-order valence-electron chi connectivity index (χ0n) is 12.1. The van der Waals surface area contributed by atoms with Crippen molar-refractivity contribution >= 4 is 17.3 Å². The van der Waals surface area contributed by atoms with Gasteiger partial charge < -0.3 is 10.6 Å². The van der Waals surface area contributed by atoms with Crippen LogP contribution in [0.15, 0.2) is 18.2 Å². The Morgan fingerprint density at radius 1 is 1.21 bits per heavy atom. The molecule has 0 unspecified atom stereocenters. The van der Waals surface area contributed by atoms with E-state index in [-0.39, 0.29) is 5.91 Å². The zero-order chi connectivity index (χ0) is 13.8. The Balaban J connectivity index is 1.98. The molecule has 0 aromatic heterocycles. The van der Waals surface area contributed by atoms with Gasteiger partial charge in [0, 0.05) is 24.3 Å². The van der Waals surface area contributed by atoms with E-state index in [0.717, 1.165) is 22.9 Å². The van der Waals surface area contributed by atoms with Gasteiger partial charge in [0.1, 0.15) is 0 Å². The topological polar surface area (TPSA) is 41.1 Å². The van der Waals surface area contributed by atoms with Crippen LogP contribution in [0.5, 0.6) is 0 Å². The van der Waals surface area contributed by atoms with Gasteiger partial charge in [-0.3, -0.25) is 4.79 Å². The van der Waals surface area contributed by atoms with E-state index in [0.29, 0.717) is 6.04 Å². The van der Waals surface area contributed by atoms with Crippen molar-refractivity contribution in [3.05, 3.63) is 23.8 Å². The molecule has 1 aliphatic rings. The lowest BCUT2D eigenvalue weighted by molar-refractivity contribution is -0.114. The lowest BCUT2D eigenvalue weighted by Crippen LogP contribution is -2.25. The third kappa shape index (κ3) is 3.98. The summed E-state index contributed by atoms with van der Waals surface area (Å²) < 4.78 is 0. The number of hydrogen-bond acceptors (Lipinski definition) is 2. The van der Waals surface area contributed by atoms with Crippen LogP contribution in [-0.4, -0.2) is 11.9 Å². The molecule has 0 spiro atoms. The molecule has 0 atom stereocenters. The Hall–Kier alpha value is -1.51. The maximum absolute atomic E-state index is 11.1. The van der Waals surface area contributed by atoms with Crippen molar-refractivity contribution in [1.29, 1.82) is 0 Å². The molecule has 2 rings (SSSR count). The summed E-state index contributed by atoms with van der Waals surface area (Å²) in [5.74, 6) is 0.854. The van der Waals surface area contributed by atoms with Crippen LogP contribution in [0.1, 0.15) is 45.1 Å². The standard InChI is InChI=1S/C16H24N2O/c1-11-4-6-14(7-5-11)18-15-8-9-16(12(2)10-15)17-13(3)19/h8-11,14,18H,4-7H2,1-3H3,(H,17,19). The first kappa shape index (κ1) is 13.9. The predicted octanol–water partition coefficient (Wildman–Crippen LogP) is 3.94. The molecule has 0 radical (unpaired) electrons. The summed E-state index contributed by atoms with van der Waals surface area (Å²) in [5.41, 5.74) is 3.16. The summed E-state index contributed by atoms with van der Waals surface area (Å²) >= 11 is 0. The molecule has 104 valence electrons. The van der Waals surface area contributed by atoms with Gasteiger partial charge in [-0.15, -0.1) is 0 Å². The van der Waals surface area contributed by atoms with E-state index in [1.165, 1.54) is 32.6 Å². The van der Waals surface area contributed by atoms with Crippen molar-refractivity contribution in [3.63, 3.8) is 0 Å². The molecule has 1 fully saturated rings. The van der Waals surface area contributed by atoms with Gasteiger partial charge in [-0.05, 0) is 62.3 Å². The van der Waals surface area contributed by atoms with Crippen molar-refractivity contribution in [3.8, 4) is 0 Å². The molecular formula is C16H24N2O. The Bertz CT molecular complexity index is 448. The maximum atomic E-state index is 11.1. The van der Waals surface area contributed by atoms with Crippen LogP contribution < -0.4 is 10.6 Å². The van der Waals surface area contributed by atoms with Crippen LogP contribution in [0.25, 0.3) is 0 Å². The fraction of sp³-hybridized carbons (Fsp3) is 0.562. The van der Waals surface area contributed by atoms with Crippen LogP contribution in [0.2, 0.25) is 0 Å². The molecule has 3 heteroatoms. The van der Waals surface area contributed by atoms with Gasteiger partial charge in [0.25, 0.3) is 0 Å². The lowest BCUT2D eigenvalue weighted by Gasteiger charge is -2.28. The largest absolute Gasteiger partial charge is 0.382 e. The number of amides is 1. The summed E-state index contributed by atoms with van der Waals surface area (Å²) in [5, 5.41) is 6.45. The van der Waals surface area contributed by atoms with Crippen molar-refractivity contribution in [2.45, 2.75) is 52.5 Å². The van der Waals surface area contributed by atoms with Gasteiger partial charge in [0.2, 0.25) is 5.91 Å². The van der Waals surface area contributed by atoms with Crippen molar-refractivity contribution in [1.82, 2.24) is 0 Å². The Labute approximate surface area is 115 Å². The van der Waals surface area contributed by atoms with E-state index < -0.39 is 0 Å². The van der Waals surface area contributed by atoms with E-state index in [1.54, 1.807) is 0 Å². The van der Waals surface area contributed by atoms with Crippen molar-refractivity contribution in [2.24, 2.45) is 5.92 Å². The van der Waals surface area contributed by atoms with Gasteiger partial charge in [-0.1, -0.05) is 6.92 Å². The average molecular weight is 260 g/mol. The number of hydrogen-bond donors (Lipinski definition) is 2. The van der Waals surface area contributed by atoms with Crippen LogP contribution in [0, 0.1) is 12.8 Å². The molecule has 1 aromatic rings. The summed E-state index contributed by atoms with van der Waals surface area (Å²) in [6.45, 7) is 5.90. The van der Waals surface area contributed by atoms with Crippen molar-refractivity contribution < 1.29 is 4.79 Å². The second-order valence-corrected chi connectivity index (χ2v) is 5.81. The molecule has 19 heavy (non-hydrogen) atoms. The monoisotopic (exact) mass is 260 g/mol. The first-order chi connectivity index (χ1) is 9.04. The van der Waals surface area contributed by atoms with E-state index in [4.69, 9.17) is 0 Å². The fourth-order valence-corrected chi connectivity index (χ4v) is 2.72. The molecule has 0 bridgehead atoms. The highest BCUT2D eigenvalue weighted by Gasteiger charge is 2.17. The Kier molecular flexibility index (Phi) is 4.46. The van der Waals surface area contributed by atoms with Gasteiger partial charge in [-0.2, -0.15) is 0 Å². The number of aryl methyl sites for hydroxylation is 1. The fourth-order valence-electron chi connectivity index (χ4n) is 2.72. The normalized spacial score (nSPS) is 22.9. The average Bonchev–Trinajstić information content (AvgIpc) is 2.35. The third-order valence-corrected chi connectivity index (χ3v) is 3.92. The number of carbonyl (C=O) groups excluding carboxylic acids is 1. The highest BCUT2D eigenvalue weighted by atomic mass is 16.1. The minimum atomic E-state index is -0.0231. The minimum absolute atomic E-state index is 0.0231. The summed E-state index contributed by atoms with van der Waals surface area (Å²) in [6, 6.07) is 6.74. The molecule has 0 heterocycles. The van der Waals surface area contributed by atoms with E-state index in [9.17, 15) is 4.79 Å². The number of nitrogens with one attached hydrogen (secondary N) is 2. The predicted molar refractivity (Wildman–Crippen MR) is 80.5 cm³/mol. The van der Waals surface area contributed by atoms with Crippen LogP contribution in [-0.2, 0) is 4.79 Å². The van der Waals surface area contributed by atoms with Gasteiger partial charge in [-0.25, -0.2) is 0 Å². The second-order valence-electron chi connectivity index (χ2n) is 5.81. The minimum Gasteiger partial charge on any atom is -0.382 e. The van der Waals surface area contributed by atoms with E-state index in [2.05, 4.69) is 29.7 Å². The molecule has 1 saturated carbocycles. The molecule has 0 aliphatic heterocycles. The smallest absolute Gasteiger partial charge is 0.221 e. The summed E-state index contributed by atoms with van der Waals surface area (Å²) in [7, 11) is 0. The summed E-state index contributed by atoms with van der Waals surface area (Å²) in [4.78, 5) is 11.1. The Morgan fingerprint density at radius 3 is 2.47 bits per heavy atom. The molecule has 0 saturated heterocycles. The SMILES string of the molecule is CC(=O)Nc1ccc(NC2CCC(C)CC2)cc1C. The number of carbonyl (C=O) groups is 1. The second kappa shape index (κ2) is 6.09. The number of rotatable bonds is 3. The van der Waals surface area contributed by atoms with E-state index >= 15 is 0 Å². The summed E-state index contributed by atoms with van der Waals surface area (Å²) in [6.07, 6.45) is 5.16. The molecule has 1 aromatic carbocycles. The number of benzene rings is 1. The van der Waals surface area contributed by atoms with Crippen molar-refractivity contribution in [2.75, 3.05) is 10.6 Å². The number of anilines is 2. The van der Waals surface area contributed by atoms with E-state index in [1.807, 2.05) is 13.0 Å². The lowest BCUT2D eigenvalue weighted by atomic mass is 9.87. The highest BCUT2D eigenvalue weighted by molar-refractivity contribution is 5.89. The first-order valence-electron chi connectivity index (χ1n) is 7.19. The quantitative estimate of drug-likeness (QED) is 0.864. The molecular weight excluding hydrogens is 236 g/mol. The third-order valence-electron chi connectivity index (χ3n) is 3.92. The van der Waals surface area contributed by atoms with Gasteiger partial charge >= 0.3 is 0 Å². The maximum Gasteiger partial charge on any atom is 0.221 e. The van der Waals surface area contributed by atoms with Gasteiger partial charge in [0.15, 0.2) is 0 Å². The molecule has 1 aliphatic carbocycles. The zero-order valence-corrected chi connectivity index (χ0v) is 12.1. The van der Waals surface area contributed by atoms with Crippen LogP contribution in [0.3, 0.4) is 0 Å². The first-order valence-corrected chi connectivity index (χ1v) is 7.19. The molecule has 1 amide bonds. The van der Waals surface area contributed by atoms with Crippen LogP contribution >= 0.6 is 0 Å². The van der Waals surface area contributed by atoms with Gasteiger partial charge in [0.05, 0.1) is 0 Å². The molecule has 2 N–H and O–H groups in total. The Morgan fingerprint density at radius 2 is 1.89 bits per heavy atom. The highest BCUT2D eigenvalue weighted by Crippen LogP contribution is 2.27. The molecule has 3 nitrogen and oxygen atoms in total.